The van der Waals surface area contributed by atoms with Crippen LogP contribution in [0.1, 0.15) is 15.3 Å². The maximum atomic E-state index is 12.4. The molecule has 0 bridgehead atoms. The molecule has 0 aliphatic rings. The van der Waals surface area contributed by atoms with Crippen molar-refractivity contribution in [2.45, 2.75) is 25.3 Å². The summed E-state index contributed by atoms with van der Waals surface area (Å²) < 4.78 is 27.3. The van der Waals surface area contributed by atoms with Gasteiger partial charge in [0.1, 0.15) is 4.90 Å². The molecule has 1 aromatic carbocycles. The lowest BCUT2D eigenvalue weighted by molar-refractivity contribution is 0.285. The molecule has 0 atom stereocenters. The average Bonchev–Trinajstić information content (AvgIpc) is 2.78. The first kappa shape index (κ1) is 16.6. The van der Waals surface area contributed by atoms with Gasteiger partial charge >= 0.3 is 0 Å². The fourth-order valence-corrected chi connectivity index (χ4v) is 4.85. The number of nitrogens with one attached hydrogen (secondary N) is 1. The molecule has 21 heavy (non-hydrogen) atoms. The predicted octanol–water partition coefficient (Wildman–Crippen LogP) is 3.96. The van der Waals surface area contributed by atoms with Crippen molar-refractivity contribution in [2.24, 2.45) is 0 Å². The molecule has 0 spiro atoms. The van der Waals surface area contributed by atoms with Crippen molar-refractivity contribution in [2.75, 3.05) is 4.72 Å². The van der Waals surface area contributed by atoms with Crippen LogP contribution >= 0.6 is 34.5 Å². The molecule has 0 saturated heterocycles. The summed E-state index contributed by atoms with van der Waals surface area (Å²) in [4.78, 5) is 1.31. The molecule has 0 amide bonds. The van der Waals surface area contributed by atoms with E-state index in [4.69, 9.17) is 28.3 Å². The van der Waals surface area contributed by atoms with Crippen molar-refractivity contribution in [3.63, 3.8) is 0 Å². The van der Waals surface area contributed by atoms with Crippen LogP contribution in [0.2, 0.25) is 10.0 Å². The van der Waals surface area contributed by atoms with E-state index < -0.39 is 10.0 Å². The second kappa shape index (κ2) is 6.14. The first-order chi connectivity index (χ1) is 9.74. The van der Waals surface area contributed by atoms with E-state index in [1.807, 2.05) is 0 Å². The van der Waals surface area contributed by atoms with Gasteiger partial charge < -0.3 is 5.11 Å². The Morgan fingerprint density at radius 3 is 2.43 bits per heavy atom. The van der Waals surface area contributed by atoms with Gasteiger partial charge in [-0.25, -0.2) is 8.42 Å². The number of aryl methyl sites for hydroxylation is 2. The number of halogens is 2. The summed E-state index contributed by atoms with van der Waals surface area (Å²) >= 11 is 13.3. The van der Waals surface area contributed by atoms with Crippen LogP contribution in [-0.4, -0.2) is 13.5 Å². The number of hydrogen-bond acceptors (Lipinski definition) is 4. The van der Waals surface area contributed by atoms with Crippen LogP contribution in [0.25, 0.3) is 0 Å². The van der Waals surface area contributed by atoms with E-state index in [-0.39, 0.29) is 22.2 Å². The van der Waals surface area contributed by atoms with Crippen LogP contribution in [0.5, 0.6) is 0 Å². The van der Waals surface area contributed by atoms with E-state index in [0.717, 1.165) is 5.56 Å². The molecule has 0 radical (unpaired) electrons. The van der Waals surface area contributed by atoms with E-state index >= 15 is 0 Å². The van der Waals surface area contributed by atoms with Gasteiger partial charge in [-0.05, 0) is 37.6 Å². The van der Waals surface area contributed by atoms with Gasteiger partial charge in [-0.3, -0.25) is 4.72 Å². The number of anilines is 1. The van der Waals surface area contributed by atoms with Crippen LogP contribution < -0.4 is 4.72 Å². The lowest BCUT2D eigenvalue weighted by atomic mass is 10.2. The van der Waals surface area contributed by atoms with Crippen molar-refractivity contribution in [3.05, 3.63) is 43.6 Å². The Hall–Kier alpha value is -0.790. The normalized spacial score (nSPS) is 11.7. The van der Waals surface area contributed by atoms with E-state index in [2.05, 4.69) is 4.72 Å². The lowest BCUT2D eigenvalue weighted by Crippen LogP contribution is -2.13. The molecule has 2 N–H and O–H groups in total. The third kappa shape index (κ3) is 3.52. The number of benzene rings is 1. The number of thiophene rings is 1. The van der Waals surface area contributed by atoms with Crippen molar-refractivity contribution < 1.29 is 13.5 Å². The highest BCUT2D eigenvalue weighted by molar-refractivity contribution is 7.93. The molecular weight excluding hydrogens is 353 g/mol. The molecule has 2 aromatic rings. The topological polar surface area (TPSA) is 66.4 Å². The molecular formula is C13H13Cl2NO3S2. The number of sulfonamides is 1. The Bertz CT molecular complexity index is 785. The van der Waals surface area contributed by atoms with Gasteiger partial charge in [-0.1, -0.05) is 23.2 Å². The average molecular weight is 366 g/mol. The van der Waals surface area contributed by atoms with Crippen LogP contribution in [0.4, 0.5) is 5.69 Å². The van der Waals surface area contributed by atoms with Gasteiger partial charge in [-0.15, -0.1) is 11.3 Å². The van der Waals surface area contributed by atoms with Crippen molar-refractivity contribution in [3.8, 4) is 0 Å². The minimum Gasteiger partial charge on any atom is -0.391 e. The van der Waals surface area contributed by atoms with Crippen LogP contribution in [-0.2, 0) is 16.6 Å². The second-order valence-corrected chi connectivity index (χ2v) is 8.28. The van der Waals surface area contributed by atoms with Gasteiger partial charge in [0.25, 0.3) is 10.0 Å². The van der Waals surface area contributed by atoms with E-state index in [1.165, 1.54) is 23.5 Å². The van der Waals surface area contributed by atoms with Crippen LogP contribution in [0.15, 0.2) is 23.1 Å². The van der Waals surface area contributed by atoms with Gasteiger partial charge in [0, 0.05) is 14.8 Å². The first-order valence-corrected chi connectivity index (χ1v) is 8.99. The standard InChI is InChI=1S/C13H13Cl2NO3S2/c1-7-3-11(15)12(5-10(7)14)16-21(18,19)13-4-9(6-17)20-8(13)2/h3-5,16-17H,6H2,1-2H3. The molecule has 0 aliphatic carbocycles. The zero-order chi connectivity index (χ0) is 15.8. The molecule has 0 fully saturated rings. The minimum atomic E-state index is -3.78. The monoisotopic (exact) mass is 365 g/mol. The van der Waals surface area contributed by atoms with Gasteiger partial charge in [0.2, 0.25) is 0 Å². The zero-order valence-corrected chi connectivity index (χ0v) is 14.4. The Balaban J connectivity index is 2.42. The van der Waals surface area contributed by atoms with Gasteiger partial charge in [0.15, 0.2) is 0 Å². The lowest BCUT2D eigenvalue weighted by Gasteiger charge is -2.11. The maximum Gasteiger partial charge on any atom is 0.263 e. The Labute approximate surface area is 137 Å². The third-order valence-electron chi connectivity index (χ3n) is 2.86. The Morgan fingerprint density at radius 2 is 1.86 bits per heavy atom. The number of rotatable bonds is 4. The molecule has 1 heterocycles. The Kier molecular flexibility index (Phi) is 4.85. The fraction of sp³-hybridized carbons (Fsp3) is 0.231. The number of aliphatic hydroxyl groups excluding tert-OH is 1. The van der Waals surface area contributed by atoms with E-state index in [9.17, 15) is 8.42 Å². The number of aliphatic hydroxyl groups is 1. The fourth-order valence-electron chi connectivity index (χ4n) is 1.79. The highest BCUT2D eigenvalue weighted by Gasteiger charge is 2.21. The molecule has 4 nitrogen and oxygen atoms in total. The van der Waals surface area contributed by atoms with E-state index in [1.54, 1.807) is 19.9 Å². The predicted molar refractivity (Wildman–Crippen MR) is 87.0 cm³/mol. The SMILES string of the molecule is Cc1cc(Cl)c(NS(=O)(=O)c2cc(CO)sc2C)cc1Cl. The zero-order valence-electron chi connectivity index (χ0n) is 11.3. The van der Waals surface area contributed by atoms with Crippen molar-refractivity contribution >= 4 is 50.2 Å². The summed E-state index contributed by atoms with van der Waals surface area (Å²) in [5.41, 5.74) is 0.988. The summed E-state index contributed by atoms with van der Waals surface area (Å²) in [6.07, 6.45) is 0. The van der Waals surface area contributed by atoms with Crippen LogP contribution in [0.3, 0.4) is 0 Å². The number of hydrogen-bond donors (Lipinski definition) is 2. The summed E-state index contributed by atoms with van der Waals surface area (Å²) in [6.45, 7) is 3.27. The molecule has 0 aliphatic heterocycles. The maximum absolute atomic E-state index is 12.4. The summed E-state index contributed by atoms with van der Waals surface area (Å²) in [5.74, 6) is 0. The summed E-state index contributed by atoms with van der Waals surface area (Å²) in [6, 6.07) is 4.53. The summed E-state index contributed by atoms with van der Waals surface area (Å²) in [5, 5.41) is 9.80. The quantitative estimate of drug-likeness (QED) is 0.861. The molecule has 0 unspecified atom stereocenters. The first-order valence-electron chi connectivity index (χ1n) is 5.93. The van der Waals surface area contributed by atoms with Crippen molar-refractivity contribution in [1.82, 2.24) is 0 Å². The van der Waals surface area contributed by atoms with E-state index in [0.29, 0.717) is 14.8 Å². The Morgan fingerprint density at radius 1 is 1.19 bits per heavy atom. The molecule has 1 aromatic heterocycles. The van der Waals surface area contributed by atoms with Crippen molar-refractivity contribution in [1.29, 1.82) is 0 Å². The molecule has 8 heteroatoms. The highest BCUT2D eigenvalue weighted by Crippen LogP contribution is 2.32. The molecule has 114 valence electrons. The highest BCUT2D eigenvalue weighted by atomic mass is 35.5. The second-order valence-electron chi connectivity index (χ2n) is 4.48. The largest absolute Gasteiger partial charge is 0.391 e. The van der Waals surface area contributed by atoms with Gasteiger partial charge in [-0.2, -0.15) is 0 Å². The third-order valence-corrected chi connectivity index (χ3v) is 6.24. The smallest absolute Gasteiger partial charge is 0.263 e. The van der Waals surface area contributed by atoms with Crippen LogP contribution in [0, 0.1) is 13.8 Å². The summed E-state index contributed by atoms with van der Waals surface area (Å²) in [7, 11) is -3.78. The van der Waals surface area contributed by atoms with Gasteiger partial charge in [0.05, 0.1) is 17.3 Å². The molecule has 0 saturated carbocycles. The molecule has 2 rings (SSSR count). The minimum absolute atomic E-state index is 0.129.